The lowest BCUT2D eigenvalue weighted by atomic mass is 9.78. The first-order chi connectivity index (χ1) is 11.0. The average molecular weight is 347 g/mol. The number of amides is 1. The van der Waals surface area contributed by atoms with Crippen molar-refractivity contribution in [3.63, 3.8) is 0 Å². The van der Waals surface area contributed by atoms with E-state index in [0.29, 0.717) is 16.7 Å². The van der Waals surface area contributed by atoms with Gasteiger partial charge in [-0.3, -0.25) is 4.79 Å². The van der Waals surface area contributed by atoms with E-state index in [1.165, 1.54) is 11.8 Å². The Morgan fingerprint density at radius 1 is 1.12 bits per heavy atom. The standard InChI is InChI=1S/C18H25N3O2S/c1-17(2,3)12-7-11(8-13(15(12)23)18(4,5)6)9-19-21-16-20-14(22)10-24-16/h7-9,23H,10H2,1-6H3,(H,20,21,22). The topological polar surface area (TPSA) is 74.0 Å². The first kappa shape index (κ1) is 18.5. The maximum Gasteiger partial charge on any atom is 0.236 e. The van der Waals surface area contributed by atoms with Crippen molar-refractivity contribution in [2.45, 2.75) is 52.4 Å². The highest BCUT2D eigenvalue weighted by atomic mass is 32.2. The van der Waals surface area contributed by atoms with Crippen LogP contribution in [-0.2, 0) is 15.6 Å². The zero-order valence-electron chi connectivity index (χ0n) is 15.1. The van der Waals surface area contributed by atoms with Crippen LogP contribution in [0.1, 0.15) is 58.2 Å². The lowest BCUT2D eigenvalue weighted by Crippen LogP contribution is -2.19. The fourth-order valence-electron chi connectivity index (χ4n) is 2.40. The summed E-state index contributed by atoms with van der Waals surface area (Å²) >= 11 is 1.34. The summed E-state index contributed by atoms with van der Waals surface area (Å²) in [6.45, 7) is 12.4. The normalized spacial score (nSPS) is 17.8. The molecule has 0 aromatic heterocycles. The largest absolute Gasteiger partial charge is 0.507 e. The molecule has 2 rings (SSSR count). The second-order valence-corrected chi connectivity index (χ2v) is 8.92. The van der Waals surface area contributed by atoms with Gasteiger partial charge in [0.1, 0.15) is 5.75 Å². The molecule has 1 heterocycles. The van der Waals surface area contributed by atoms with Crippen LogP contribution in [0, 0.1) is 0 Å². The van der Waals surface area contributed by atoms with Crippen molar-refractivity contribution in [1.82, 2.24) is 5.32 Å². The van der Waals surface area contributed by atoms with E-state index >= 15 is 0 Å². The molecule has 1 aromatic carbocycles. The number of hydrogen-bond donors (Lipinski definition) is 2. The average Bonchev–Trinajstić information content (AvgIpc) is 2.83. The highest BCUT2D eigenvalue weighted by Gasteiger charge is 2.26. The van der Waals surface area contributed by atoms with Gasteiger partial charge in [-0.2, -0.15) is 5.10 Å². The quantitative estimate of drug-likeness (QED) is 0.635. The highest BCUT2D eigenvalue weighted by Crippen LogP contribution is 2.39. The number of hydrogen-bond acceptors (Lipinski definition) is 5. The molecule has 0 saturated carbocycles. The van der Waals surface area contributed by atoms with Gasteiger partial charge < -0.3 is 10.4 Å². The zero-order chi connectivity index (χ0) is 18.1. The fourth-order valence-corrected chi connectivity index (χ4v) is 3.03. The second kappa shape index (κ2) is 6.59. The number of aromatic hydroxyl groups is 1. The summed E-state index contributed by atoms with van der Waals surface area (Å²) < 4.78 is 0. The van der Waals surface area contributed by atoms with Crippen molar-refractivity contribution < 1.29 is 9.90 Å². The molecule has 1 aliphatic rings. The SMILES string of the molecule is CC(C)(C)c1cc(C=NN=C2NC(=O)CS2)cc(C(C)(C)C)c1O. The number of nitrogens with zero attached hydrogens (tertiary/aromatic N) is 2. The van der Waals surface area contributed by atoms with E-state index in [4.69, 9.17) is 0 Å². The smallest absolute Gasteiger partial charge is 0.236 e. The number of carbonyl (C=O) groups excluding carboxylic acids is 1. The Kier molecular flexibility index (Phi) is 5.08. The maximum atomic E-state index is 11.1. The summed E-state index contributed by atoms with van der Waals surface area (Å²) in [6, 6.07) is 3.88. The van der Waals surface area contributed by atoms with Crippen molar-refractivity contribution in [2.24, 2.45) is 10.2 Å². The van der Waals surface area contributed by atoms with E-state index in [0.717, 1.165) is 16.7 Å². The van der Waals surface area contributed by atoms with Crippen molar-refractivity contribution in [1.29, 1.82) is 0 Å². The molecule has 0 aliphatic carbocycles. The summed E-state index contributed by atoms with van der Waals surface area (Å²) in [5.74, 6) is 0.677. The Bertz CT molecular complexity index is 675. The molecule has 0 spiro atoms. The van der Waals surface area contributed by atoms with E-state index < -0.39 is 0 Å². The lowest BCUT2D eigenvalue weighted by Gasteiger charge is -2.27. The van der Waals surface area contributed by atoms with Crippen molar-refractivity contribution >= 4 is 29.1 Å². The molecule has 130 valence electrons. The Morgan fingerprint density at radius 2 is 1.67 bits per heavy atom. The predicted molar refractivity (Wildman–Crippen MR) is 101 cm³/mol. The minimum absolute atomic E-state index is 0.0522. The van der Waals surface area contributed by atoms with Gasteiger partial charge in [-0.05, 0) is 28.5 Å². The third-order valence-corrected chi connectivity index (χ3v) is 4.55. The van der Waals surface area contributed by atoms with Gasteiger partial charge in [-0.1, -0.05) is 53.3 Å². The van der Waals surface area contributed by atoms with Gasteiger partial charge in [-0.25, -0.2) is 0 Å². The van der Waals surface area contributed by atoms with Gasteiger partial charge in [0.15, 0.2) is 5.17 Å². The summed E-state index contributed by atoms with van der Waals surface area (Å²) in [7, 11) is 0. The van der Waals surface area contributed by atoms with Gasteiger partial charge in [0, 0.05) is 11.1 Å². The Morgan fingerprint density at radius 3 is 2.08 bits per heavy atom. The monoisotopic (exact) mass is 347 g/mol. The lowest BCUT2D eigenvalue weighted by molar-refractivity contribution is -0.116. The third-order valence-electron chi connectivity index (χ3n) is 3.69. The van der Waals surface area contributed by atoms with Crippen LogP contribution in [0.5, 0.6) is 5.75 Å². The molecule has 5 nitrogen and oxygen atoms in total. The Labute approximate surface area is 147 Å². The van der Waals surface area contributed by atoms with Gasteiger partial charge in [0.05, 0.1) is 12.0 Å². The Hall–Kier alpha value is -1.82. The minimum atomic E-state index is -0.185. The third kappa shape index (κ3) is 4.38. The van der Waals surface area contributed by atoms with E-state index in [2.05, 4.69) is 57.1 Å². The molecule has 0 radical (unpaired) electrons. The molecule has 0 atom stereocenters. The van der Waals surface area contributed by atoms with Gasteiger partial charge >= 0.3 is 0 Å². The number of phenols is 1. The van der Waals surface area contributed by atoms with Crippen LogP contribution >= 0.6 is 11.8 Å². The number of benzene rings is 1. The molecule has 24 heavy (non-hydrogen) atoms. The zero-order valence-corrected chi connectivity index (χ0v) is 15.9. The summed E-state index contributed by atoms with van der Waals surface area (Å²) in [4.78, 5) is 11.1. The molecule has 0 unspecified atom stereocenters. The molecular weight excluding hydrogens is 322 g/mol. The molecule has 6 heteroatoms. The van der Waals surface area contributed by atoms with E-state index in [9.17, 15) is 9.90 Å². The number of amidine groups is 1. The van der Waals surface area contributed by atoms with Crippen molar-refractivity contribution in [3.05, 3.63) is 28.8 Å². The van der Waals surface area contributed by atoms with Crippen LogP contribution in [0.25, 0.3) is 0 Å². The van der Waals surface area contributed by atoms with E-state index in [1.54, 1.807) is 6.21 Å². The first-order valence-corrected chi connectivity index (χ1v) is 8.88. The van der Waals surface area contributed by atoms with Crippen LogP contribution in [0.3, 0.4) is 0 Å². The van der Waals surface area contributed by atoms with Gasteiger partial charge in [0.2, 0.25) is 5.91 Å². The molecule has 0 bridgehead atoms. The van der Waals surface area contributed by atoms with Crippen LogP contribution in [0.2, 0.25) is 0 Å². The van der Waals surface area contributed by atoms with Gasteiger partial charge in [0.25, 0.3) is 0 Å². The molecule has 1 aromatic rings. The first-order valence-electron chi connectivity index (χ1n) is 7.90. The number of carbonyl (C=O) groups is 1. The van der Waals surface area contributed by atoms with E-state index in [1.807, 2.05) is 12.1 Å². The summed E-state index contributed by atoms with van der Waals surface area (Å²) in [5.41, 5.74) is 2.27. The number of rotatable bonds is 2. The molecule has 1 saturated heterocycles. The number of nitrogens with one attached hydrogen (secondary N) is 1. The predicted octanol–water partition coefficient (Wildman–Crippen LogP) is 3.54. The summed E-state index contributed by atoms with van der Waals surface area (Å²) in [5, 5.41) is 22.0. The van der Waals surface area contributed by atoms with Crippen molar-refractivity contribution in [3.8, 4) is 5.75 Å². The highest BCUT2D eigenvalue weighted by molar-refractivity contribution is 8.15. The fraction of sp³-hybridized carbons (Fsp3) is 0.500. The summed E-state index contributed by atoms with van der Waals surface area (Å²) in [6.07, 6.45) is 1.65. The maximum absolute atomic E-state index is 11.1. The van der Waals surface area contributed by atoms with Crippen LogP contribution in [0.4, 0.5) is 0 Å². The van der Waals surface area contributed by atoms with Gasteiger partial charge in [-0.15, -0.1) is 5.10 Å². The Balaban J connectivity index is 2.41. The molecular formula is C18H25N3O2S. The number of thioether (sulfide) groups is 1. The molecule has 1 amide bonds. The molecule has 1 aliphatic heterocycles. The molecule has 2 N–H and O–H groups in total. The van der Waals surface area contributed by atoms with Crippen molar-refractivity contribution in [2.75, 3.05) is 5.75 Å². The van der Waals surface area contributed by atoms with Crippen LogP contribution in [-0.4, -0.2) is 28.1 Å². The van der Waals surface area contributed by atoms with Crippen LogP contribution in [0.15, 0.2) is 22.3 Å². The number of phenolic OH excluding ortho intramolecular Hbond substituents is 1. The van der Waals surface area contributed by atoms with Crippen LogP contribution < -0.4 is 5.32 Å². The van der Waals surface area contributed by atoms with E-state index in [-0.39, 0.29) is 16.7 Å². The second-order valence-electron chi connectivity index (χ2n) is 7.95. The minimum Gasteiger partial charge on any atom is -0.507 e. The molecule has 1 fully saturated rings.